The summed E-state index contributed by atoms with van der Waals surface area (Å²) in [5.74, 6) is -0.895. The Kier molecular flexibility index (Phi) is 3.36. The second-order valence-corrected chi connectivity index (χ2v) is 7.52. The molecule has 2 aliphatic rings. The molecule has 0 amide bonds. The lowest BCUT2D eigenvalue weighted by atomic mass is 10.0. The SMILES string of the molecule is CCO[C@H]1OC(=O)[C@]2(S(=O)(=O)c3ccc(C)cc3)O[C@]12CC. The molecule has 120 valence electrons. The summed E-state index contributed by atoms with van der Waals surface area (Å²) in [5.41, 5.74) is -0.333. The molecule has 0 N–H and O–H groups in total. The van der Waals surface area contributed by atoms with E-state index in [0.29, 0.717) is 13.0 Å². The van der Waals surface area contributed by atoms with Crippen LogP contribution in [0.3, 0.4) is 0 Å². The van der Waals surface area contributed by atoms with Crippen molar-refractivity contribution < 1.29 is 27.4 Å². The lowest BCUT2D eigenvalue weighted by Crippen LogP contribution is -2.38. The number of hydrogen-bond donors (Lipinski definition) is 0. The first kappa shape index (κ1) is 15.5. The quantitative estimate of drug-likeness (QED) is 0.603. The molecule has 2 saturated heterocycles. The number of hydrogen-bond acceptors (Lipinski definition) is 6. The number of rotatable bonds is 5. The van der Waals surface area contributed by atoms with Crippen LogP contribution in [0.5, 0.6) is 0 Å². The first-order valence-electron chi connectivity index (χ1n) is 7.20. The molecule has 22 heavy (non-hydrogen) atoms. The Balaban J connectivity index is 2.07. The monoisotopic (exact) mass is 326 g/mol. The first-order valence-corrected chi connectivity index (χ1v) is 8.68. The third kappa shape index (κ3) is 1.67. The molecule has 0 unspecified atom stereocenters. The average molecular weight is 326 g/mol. The molecule has 1 aromatic carbocycles. The smallest absolute Gasteiger partial charge is 0.360 e. The molecule has 6 nitrogen and oxygen atoms in total. The van der Waals surface area contributed by atoms with Gasteiger partial charge in [0.15, 0.2) is 5.60 Å². The van der Waals surface area contributed by atoms with E-state index >= 15 is 0 Å². The second kappa shape index (κ2) is 4.78. The van der Waals surface area contributed by atoms with Crippen molar-refractivity contribution >= 4 is 15.8 Å². The van der Waals surface area contributed by atoms with Gasteiger partial charge in [-0.2, -0.15) is 0 Å². The van der Waals surface area contributed by atoms with Gasteiger partial charge in [0.1, 0.15) is 0 Å². The highest BCUT2D eigenvalue weighted by atomic mass is 32.2. The number of carbonyl (C=O) groups is 1. The van der Waals surface area contributed by atoms with Gasteiger partial charge in [-0.05, 0) is 32.4 Å². The summed E-state index contributed by atoms with van der Waals surface area (Å²) in [5, 5.41) is 0. The molecule has 0 radical (unpaired) electrons. The fourth-order valence-corrected chi connectivity index (χ4v) is 5.03. The van der Waals surface area contributed by atoms with Gasteiger partial charge in [0.2, 0.25) is 16.1 Å². The molecule has 0 bridgehead atoms. The van der Waals surface area contributed by atoms with E-state index in [0.717, 1.165) is 5.56 Å². The van der Waals surface area contributed by atoms with Crippen molar-refractivity contribution in [2.75, 3.05) is 6.61 Å². The summed E-state index contributed by atoms with van der Waals surface area (Å²) in [6, 6.07) is 6.31. The summed E-state index contributed by atoms with van der Waals surface area (Å²) in [4.78, 5) is 10.3. The lowest BCUT2D eigenvalue weighted by molar-refractivity contribution is -0.188. The molecule has 7 heteroatoms. The van der Waals surface area contributed by atoms with Gasteiger partial charge < -0.3 is 14.2 Å². The van der Waals surface area contributed by atoms with Crippen LogP contribution in [0.2, 0.25) is 0 Å². The second-order valence-electron chi connectivity index (χ2n) is 5.47. The van der Waals surface area contributed by atoms with E-state index in [-0.39, 0.29) is 4.90 Å². The minimum atomic E-state index is -4.03. The minimum Gasteiger partial charge on any atom is -0.429 e. The van der Waals surface area contributed by atoms with Crippen LogP contribution in [0, 0.1) is 6.92 Å². The topological polar surface area (TPSA) is 82.2 Å². The number of carbonyl (C=O) groups excluding carboxylic acids is 1. The Morgan fingerprint density at radius 1 is 1.23 bits per heavy atom. The number of fused-ring (bicyclic) bond motifs is 1. The standard InChI is InChI=1S/C15H18O6S/c1-4-14-13(19-5-2)20-12(16)15(14,21-14)22(17,18)11-8-6-10(3)7-9-11/h6-9,13H,4-5H2,1-3H3/t13-,14+,15+/m0/s1. The van der Waals surface area contributed by atoms with Gasteiger partial charge in [0.25, 0.3) is 0 Å². The van der Waals surface area contributed by atoms with Gasteiger partial charge in [0.05, 0.1) is 4.90 Å². The van der Waals surface area contributed by atoms with Crippen molar-refractivity contribution in [3.05, 3.63) is 29.8 Å². The molecule has 0 aromatic heterocycles. The molecule has 3 rings (SSSR count). The van der Waals surface area contributed by atoms with Crippen molar-refractivity contribution in [3.8, 4) is 0 Å². The summed E-state index contributed by atoms with van der Waals surface area (Å²) in [6.07, 6.45) is -0.690. The molecule has 2 aliphatic heterocycles. The first-order chi connectivity index (χ1) is 10.4. The van der Waals surface area contributed by atoms with Crippen molar-refractivity contribution in [1.29, 1.82) is 0 Å². The van der Waals surface area contributed by atoms with Gasteiger partial charge in [-0.3, -0.25) is 0 Å². The lowest BCUT2D eigenvalue weighted by Gasteiger charge is -2.16. The molecular weight excluding hydrogens is 308 g/mol. The number of sulfone groups is 1. The predicted molar refractivity (Wildman–Crippen MR) is 76.7 cm³/mol. The molecular formula is C15H18O6S. The van der Waals surface area contributed by atoms with Crippen LogP contribution in [0.1, 0.15) is 25.8 Å². The van der Waals surface area contributed by atoms with Crippen LogP contribution in [0.15, 0.2) is 29.2 Å². The summed E-state index contributed by atoms with van der Waals surface area (Å²) in [7, 11) is -4.03. The van der Waals surface area contributed by atoms with Gasteiger partial charge in [-0.25, -0.2) is 13.2 Å². The number of cyclic esters (lactones) is 1. The van der Waals surface area contributed by atoms with Crippen molar-refractivity contribution in [3.63, 3.8) is 0 Å². The molecule has 2 heterocycles. The fraction of sp³-hybridized carbons (Fsp3) is 0.533. The van der Waals surface area contributed by atoms with E-state index in [2.05, 4.69) is 0 Å². The highest BCUT2D eigenvalue weighted by molar-refractivity contribution is 7.93. The number of benzene rings is 1. The zero-order valence-electron chi connectivity index (χ0n) is 12.7. The maximum Gasteiger partial charge on any atom is 0.360 e. The third-order valence-electron chi connectivity index (χ3n) is 4.26. The highest BCUT2D eigenvalue weighted by Crippen LogP contribution is 2.63. The molecule has 1 aromatic rings. The van der Waals surface area contributed by atoms with Crippen molar-refractivity contribution in [2.24, 2.45) is 0 Å². The number of esters is 1. The zero-order valence-corrected chi connectivity index (χ0v) is 13.5. The van der Waals surface area contributed by atoms with Gasteiger partial charge >= 0.3 is 10.9 Å². The summed E-state index contributed by atoms with van der Waals surface area (Å²) in [6.45, 7) is 5.64. The predicted octanol–water partition coefficient (Wildman–Crippen LogP) is 1.56. The van der Waals surface area contributed by atoms with E-state index in [9.17, 15) is 13.2 Å². The maximum atomic E-state index is 13.0. The van der Waals surface area contributed by atoms with Crippen LogP contribution in [-0.2, 0) is 28.8 Å². The van der Waals surface area contributed by atoms with Gasteiger partial charge in [0, 0.05) is 6.61 Å². The largest absolute Gasteiger partial charge is 0.429 e. The third-order valence-corrected chi connectivity index (χ3v) is 6.50. The maximum absolute atomic E-state index is 13.0. The van der Waals surface area contributed by atoms with E-state index in [1.807, 2.05) is 6.92 Å². The van der Waals surface area contributed by atoms with E-state index < -0.39 is 32.6 Å². The fourth-order valence-electron chi connectivity index (χ4n) is 2.99. The van der Waals surface area contributed by atoms with Gasteiger partial charge in [-0.15, -0.1) is 0 Å². The number of aryl methyl sites for hydroxylation is 1. The number of epoxide rings is 1. The highest BCUT2D eigenvalue weighted by Gasteiger charge is 2.91. The minimum absolute atomic E-state index is 0.0440. The van der Waals surface area contributed by atoms with E-state index in [1.165, 1.54) is 12.1 Å². The number of ether oxygens (including phenoxy) is 3. The summed E-state index contributed by atoms with van der Waals surface area (Å²) < 4.78 is 41.9. The normalized spacial score (nSPS) is 33.4. The molecule has 0 spiro atoms. The molecule has 0 aliphatic carbocycles. The molecule has 2 fully saturated rings. The van der Waals surface area contributed by atoms with E-state index in [1.54, 1.807) is 26.0 Å². The van der Waals surface area contributed by atoms with Crippen molar-refractivity contribution in [1.82, 2.24) is 0 Å². The Bertz CT molecular complexity index is 710. The Morgan fingerprint density at radius 3 is 2.41 bits per heavy atom. The van der Waals surface area contributed by atoms with E-state index in [4.69, 9.17) is 14.2 Å². The van der Waals surface area contributed by atoms with Crippen LogP contribution in [0.25, 0.3) is 0 Å². The molecule has 3 atom stereocenters. The van der Waals surface area contributed by atoms with Crippen LogP contribution < -0.4 is 0 Å². The Morgan fingerprint density at radius 2 is 1.86 bits per heavy atom. The average Bonchev–Trinajstić information content (AvgIpc) is 3.14. The zero-order chi connectivity index (χ0) is 16.2. The summed E-state index contributed by atoms with van der Waals surface area (Å²) >= 11 is 0. The molecule has 0 saturated carbocycles. The van der Waals surface area contributed by atoms with Crippen LogP contribution in [0.4, 0.5) is 0 Å². The Labute approximate surface area is 129 Å². The van der Waals surface area contributed by atoms with Gasteiger partial charge in [-0.1, -0.05) is 24.6 Å². The van der Waals surface area contributed by atoms with Crippen molar-refractivity contribution in [2.45, 2.75) is 48.9 Å². The van der Waals surface area contributed by atoms with Crippen LogP contribution >= 0.6 is 0 Å². The Hall–Kier alpha value is -1.44. The van der Waals surface area contributed by atoms with Crippen LogP contribution in [-0.4, -0.2) is 37.8 Å².